The Morgan fingerprint density at radius 1 is 1.03 bits per heavy atom. The molecule has 2 rings (SSSR count). The molecule has 1 aliphatic rings. The zero-order chi connectivity index (χ0) is 22.1. The van der Waals surface area contributed by atoms with Crippen molar-refractivity contribution in [2.45, 2.75) is 66.2 Å². The van der Waals surface area contributed by atoms with E-state index in [9.17, 15) is 14.9 Å². The number of carbonyl (C=O) groups is 2. The third-order valence-corrected chi connectivity index (χ3v) is 6.43. The van der Waals surface area contributed by atoms with E-state index in [2.05, 4.69) is 24.8 Å². The first kappa shape index (κ1) is 23.9. The summed E-state index contributed by atoms with van der Waals surface area (Å²) in [5.74, 6) is -0.767. The SMILES string of the molecule is CCCCN1C(=O)C(C#N)=C(C)/C(=C/c2ccc(N(CCCC)CCCC)s2)C1=O. The van der Waals surface area contributed by atoms with Crippen LogP contribution in [-0.4, -0.2) is 36.3 Å². The van der Waals surface area contributed by atoms with Gasteiger partial charge in [-0.3, -0.25) is 14.5 Å². The molecule has 0 bridgehead atoms. The largest absolute Gasteiger partial charge is 0.363 e. The lowest BCUT2D eigenvalue weighted by Gasteiger charge is -2.27. The zero-order valence-corrected chi connectivity index (χ0v) is 19.5. The molecule has 2 heterocycles. The standard InChI is InChI=1S/C24H33N3O2S/c1-5-8-13-26(14-9-6-2)22-12-11-19(30-22)16-20-18(4)21(17-25)24(29)27(23(20)28)15-10-7-3/h11-12,16H,5-10,13-15H2,1-4H3/b20-16-. The minimum atomic E-state index is -0.470. The summed E-state index contributed by atoms with van der Waals surface area (Å²) in [6.07, 6.45) is 8.06. The van der Waals surface area contributed by atoms with E-state index in [0.29, 0.717) is 17.7 Å². The summed E-state index contributed by atoms with van der Waals surface area (Å²) >= 11 is 1.66. The van der Waals surface area contributed by atoms with Crippen LogP contribution in [0.5, 0.6) is 0 Å². The Kier molecular flexibility index (Phi) is 9.32. The smallest absolute Gasteiger partial charge is 0.271 e. The van der Waals surface area contributed by atoms with E-state index in [1.165, 1.54) is 9.90 Å². The quantitative estimate of drug-likeness (QED) is 0.343. The van der Waals surface area contributed by atoms with Crippen molar-refractivity contribution in [3.05, 3.63) is 33.7 Å². The van der Waals surface area contributed by atoms with Gasteiger partial charge in [-0.2, -0.15) is 5.26 Å². The topological polar surface area (TPSA) is 64.4 Å². The van der Waals surface area contributed by atoms with E-state index in [4.69, 9.17) is 0 Å². The van der Waals surface area contributed by atoms with Crippen molar-refractivity contribution in [2.75, 3.05) is 24.5 Å². The third-order valence-electron chi connectivity index (χ3n) is 5.33. The third kappa shape index (κ3) is 5.60. The van der Waals surface area contributed by atoms with Gasteiger partial charge in [0.2, 0.25) is 0 Å². The van der Waals surface area contributed by atoms with Gasteiger partial charge in [0.25, 0.3) is 11.8 Å². The highest BCUT2D eigenvalue weighted by Crippen LogP contribution is 2.32. The second-order valence-corrected chi connectivity index (χ2v) is 8.75. The number of imide groups is 1. The summed E-state index contributed by atoms with van der Waals surface area (Å²) in [5, 5.41) is 10.7. The van der Waals surface area contributed by atoms with Crippen LogP contribution in [0.2, 0.25) is 0 Å². The Morgan fingerprint density at radius 3 is 2.23 bits per heavy atom. The van der Waals surface area contributed by atoms with Gasteiger partial charge in [0, 0.05) is 30.1 Å². The highest BCUT2D eigenvalue weighted by Gasteiger charge is 2.35. The fourth-order valence-electron chi connectivity index (χ4n) is 3.41. The van der Waals surface area contributed by atoms with Gasteiger partial charge in [-0.1, -0.05) is 40.0 Å². The average Bonchev–Trinajstić information content (AvgIpc) is 3.20. The lowest BCUT2D eigenvalue weighted by molar-refractivity contribution is -0.140. The van der Waals surface area contributed by atoms with Gasteiger partial charge in [0.05, 0.1) is 5.00 Å². The number of unbranched alkanes of at least 4 members (excludes halogenated alkanes) is 3. The van der Waals surface area contributed by atoms with Gasteiger partial charge in [0.1, 0.15) is 11.6 Å². The summed E-state index contributed by atoms with van der Waals surface area (Å²) in [6, 6.07) is 6.14. The molecule has 2 amide bonds. The maximum atomic E-state index is 13.0. The van der Waals surface area contributed by atoms with Crippen molar-refractivity contribution in [3.63, 3.8) is 0 Å². The number of thiophene rings is 1. The molecule has 1 aromatic heterocycles. The molecule has 1 aromatic rings. The van der Waals surface area contributed by atoms with Crippen molar-refractivity contribution in [1.29, 1.82) is 5.26 Å². The van der Waals surface area contributed by atoms with Gasteiger partial charge in [-0.05, 0) is 50.0 Å². The molecule has 0 N–H and O–H groups in total. The molecule has 1 aliphatic heterocycles. The van der Waals surface area contributed by atoms with Crippen LogP contribution < -0.4 is 4.90 Å². The van der Waals surface area contributed by atoms with E-state index in [1.807, 2.05) is 25.1 Å². The monoisotopic (exact) mass is 427 g/mol. The summed E-state index contributed by atoms with van der Waals surface area (Å²) < 4.78 is 0. The number of amides is 2. The first-order chi connectivity index (χ1) is 14.5. The van der Waals surface area contributed by atoms with E-state index in [1.54, 1.807) is 18.3 Å². The van der Waals surface area contributed by atoms with E-state index in [-0.39, 0.29) is 11.5 Å². The normalized spacial score (nSPS) is 15.8. The summed E-state index contributed by atoms with van der Waals surface area (Å²) in [6.45, 7) is 10.5. The first-order valence-corrected chi connectivity index (χ1v) is 11.8. The number of nitriles is 1. The molecule has 0 radical (unpaired) electrons. The minimum absolute atomic E-state index is 0.0706. The molecule has 5 nitrogen and oxygen atoms in total. The van der Waals surface area contributed by atoms with Crippen LogP contribution in [-0.2, 0) is 9.59 Å². The predicted octanol–water partition coefficient (Wildman–Crippen LogP) is 5.55. The highest BCUT2D eigenvalue weighted by molar-refractivity contribution is 7.17. The van der Waals surface area contributed by atoms with Crippen molar-refractivity contribution in [1.82, 2.24) is 4.90 Å². The van der Waals surface area contributed by atoms with Crippen molar-refractivity contribution >= 4 is 34.2 Å². The Labute approximate surface area is 184 Å². The Hall–Kier alpha value is -2.39. The molecule has 0 saturated carbocycles. The van der Waals surface area contributed by atoms with E-state index >= 15 is 0 Å². The van der Waals surface area contributed by atoms with Crippen LogP contribution in [0.25, 0.3) is 6.08 Å². The number of hydrogen-bond donors (Lipinski definition) is 0. The number of hydrogen-bond acceptors (Lipinski definition) is 5. The minimum Gasteiger partial charge on any atom is -0.363 e. The van der Waals surface area contributed by atoms with Crippen LogP contribution in [0.3, 0.4) is 0 Å². The maximum absolute atomic E-state index is 13.0. The average molecular weight is 428 g/mol. The van der Waals surface area contributed by atoms with Crippen molar-refractivity contribution < 1.29 is 9.59 Å². The fraction of sp³-hybridized carbons (Fsp3) is 0.542. The molecular formula is C24H33N3O2S. The lowest BCUT2D eigenvalue weighted by Crippen LogP contribution is -2.43. The molecule has 0 atom stereocenters. The second-order valence-electron chi connectivity index (χ2n) is 7.66. The Morgan fingerprint density at radius 2 is 1.67 bits per heavy atom. The van der Waals surface area contributed by atoms with Gasteiger partial charge in [-0.25, -0.2) is 0 Å². The van der Waals surface area contributed by atoms with Crippen LogP contribution in [0.4, 0.5) is 5.00 Å². The molecule has 0 aromatic carbocycles. The van der Waals surface area contributed by atoms with Crippen LogP contribution >= 0.6 is 11.3 Å². The van der Waals surface area contributed by atoms with Gasteiger partial charge < -0.3 is 4.90 Å². The van der Waals surface area contributed by atoms with Crippen LogP contribution in [0.1, 0.15) is 71.1 Å². The predicted molar refractivity (Wildman–Crippen MR) is 124 cm³/mol. The number of nitrogens with zero attached hydrogens (tertiary/aromatic N) is 3. The van der Waals surface area contributed by atoms with Gasteiger partial charge >= 0.3 is 0 Å². The number of carbonyl (C=O) groups excluding carboxylic acids is 2. The molecule has 30 heavy (non-hydrogen) atoms. The van der Waals surface area contributed by atoms with Crippen molar-refractivity contribution in [3.8, 4) is 6.07 Å². The molecule has 0 fully saturated rings. The van der Waals surface area contributed by atoms with E-state index in [0.717, 1.165) is 56.5 Å². The summed E-state index contributed by atoms with van der Waals surface area (Å²) in [4.78, 5) is 30.2. The maximum Gasteiger partial charge on any atom is 0.271 e. The summed E-state index contributed by atoms with van der Waals surface area (Å²) in [5.41, 5.74) is 0.995. The Balaban J connectivity index is 2.36. The van der Waals surface area contributed by atoms with Crippen molar-refractivity contribution in [2.24, 2.45) is 0 Å². The van der Waals surface area contributed by atoms with Gasteiger partial charge in [0.15, 0.2) is 0 Å². The number of anilines is 1. The van der Waals surface area contributed by atoms with Crippen LogP contribution in [0, 0.1) is 11.3 Å². The zero-order valence-electron chi connectivity index (χ0n) is 18.7. The fourth-order valence-corrected chi connectivity index (χ4v) is 4.41. The number of rotatable bonds is 11. The molecule has 0 aliphatic carbocycles. The molecule has 0 saturated heterocycles. The van der Waals surface area contributed by atoms with Crippen LogP contribution in [0.15, 0.2) is 28.9 Å². The first-order valence-electron chi connectivity index (χ1n) is 11.0. The van der Waals surface area contributed by atoms with Gasteiger partial charge in [-0.15, -0.1) is 11.3 Å². The lowest BCUT2D eigenvalue weighted by atomic mass is 9.94. The molecule has 0 unspecified atom stereocenters. The molecular weight excluding hydrogens is 394 g/mol. The molecule has 162 valence electrons. The Bertz CT molecular complexity index is 852. The highest BCUT2D eigenvalue weighted by atomic mass is 32.1. The molecule has 6 heteroatoms. The summed E-state index contributed by atoms with van der Waals surface area (Å²) in [7, 11) is 0. The molecule has 0 spiro atoms. The van der Waals surface area contributed by atoms with E-state index < -0.39 is 5.91 Å². The second kappa shape index (κ2) is 11.7.